The Morgan fingerprint density at radius 3 is 3.07 bits per heavy atom. The first-order valence-corrected chi connectivity index (χ1v) is 8.82. The van der Waals surface area contributed by atoms with Gasteiger partial charge in [-0.25, -0.2) is 9.67 Å². The highest BCUT2D eigenvalue weighted by atomic mass is 16.5. The number of rotatable bonds is 7. The minimum Gasteiger partial charge on any atom is -0.470 e. The lowest BCUT2D eigenvalue weighted by Crippen LogP contribution is -2.30. The number of nitrogens with zero attached hydrogens (tertiary/aromatic N) is 8. The van der Waals surface area contributed by atoms with Crippen molar-refractivity contribution in [1.82, 2.24) is 39.6 Å². The zero-order valence-corrected chi connectivity index (χ0v) is 14.8. The van der Waals surface area contributed by atoms with Crippen molar-refractivity contribution < 1.29 is 9.53 Å². The molecule has 1 aliphatic rings. The maximum absolute atomic E-state index is 12.4. The first-order valence-electron chi connectivity index (χ1n) is 8.82. The molecule has 10 nitrogen and oxygen atoms in total. The number of hydrogen-bond donors (Lipinski definition) is 0. The van der Waals surface area contributed by atoms with Gasteiger partial charge in [-0.15, -0.1) is 5.10 Å². The molecule has 1 aliphatic heterocycles. The fourth-order valence-corrected chi connectivity index (χ4v) is 3.05. The number of carbonyl (C=O) groups is 1. The normalized spacial score (nSPS) is 16.6. The van der Waals surface area contributed by atoms with Crippen molar-refractivity contribution in [3.63, 3.8) is 0 Å². The predicted molar refractivity (Wildman–Crippen MR) is 93.5 cm³/mol. The van der Waals surface area contributed by atoms with Gasteiger partial charge < -0.3 is 9.64 Å². The van der Waals surface area contributed by atoms with Gasteiger partial charge in [0.25, 0.3) is 0 Å². The molecule has 0 saturated carbocycles. The van der Waals surface area contributed by atoms with Crippen LogP contribution in [0.5, 0.6) is 5.88 Å². The maximum atomic E-state index is 12.4. The first kappa shape index (κ1) is 17.1. The Bertz CT molecular complexity index is 864. The van der Waals surface area contributed by atoms with Gasteiger partial charge in [0.05, 0.1) is 18.4 Å². The molecule has 3 aromatic rings. The van der Waals surface area contributed by atoms with E-state index in [4.69, 9.17) is 4.74 Å². The van der Waals surface area contributed by atoms with Crippen LogP contribution in [-0.4, -0.2) is 58.6 Å². The van der Waals surface area contributed by atoms with E-state index in [-0.39, 0.29) is 18.6 Å². The molecular formula is C17H20N8O2. The summed E-state index contributed by atoms with van der Waals surface area (Å²) in [4.78, 5) is 22.3. The molecule has 4 rings (SSSR count). The quantitative estimate of drug-likeness (QED) is 0.605. The number of amides is 1. The van der Waals surface area contributed by atoms with E-state index in [0.29, 0.717) is 31.1 Å². The van der Waals surface area contributed by atoms with Crippen molar-refractivity contribution in [1.29, 1.82) is 0 Å². The molecular weight excluding hydrogens is 348 g/mol. The molecule has 4 heterocycles. The van der Waals surface area contributed by atoms with Crippen molar-refractivity contribution in [3.8, 4) is 5.88 Å². The van der Waals surface area contributed by atoms with Crippen LogP contribution in [0.25, 0.3) is 0 Å². The van der Waals surface area contributed by atoms with Crippen LogP contribution in [0.2, 0.25) is 0 Å². The van der Waals surface area contributed by atoms with Gasteiger partial charge in [-0.05, 0) is 12.5 Å². The van der Waals surface area contributed by atoms with Crippen molar-refractivity contribution in [2.75, 3.05) is 13.1 Å². The standard InChI is InChI=1S/C17H20N8O2/c26-17(3-9-24-7-1-4-20-24)23-8-2-15(12-23)25-11-14(21-22-25)13-27-16-10-18-5-6-19-16/h1,4-7,10-11,15H,2-3,8-9,12-13H2. The molecule has 1 unspecified atom stereocenters. The average molecular weight is 368 g/mol. The van der Waals surface area contributed by atoms with E-state index in [0.717, 1.165) is 13.0 Å². The molecule has 0 radical (unpaired) electrons. The first-order chi connectivity index (χ1) is 13.3. The molecule has 27 heavy (non-hydrogen) atoms. The highest BCUT2D eigenvalue weighted by molar-refractivity contribution is 5.76. The van der Waals surface area contributed by atoms with Gasteiger partial charge in [-0.1, -0.05) is 5.21 Å². The topological polar surface area (TPSA) is 104 Å². The lowest BCUT2D eigenvalue weighted by atomic mass is 10.3. The zero-order chi connectivity index (χ0) is 18.5. The molecule has 10 heteroatoms. The van der Waals surface area contributed by atoms with E-state index < -0.39 is 0 Å². The number of hydrogen-bond acceptors (Lipinski definition) is 7. The van der Waals surface area contributed by atoms with Crippen molar-refractivity contribution in [2.24, 2.45) is 0 Å². The predicted octanol–water partition coefficient (Wildman–Crippen LogP) is 0.707. The van der Waals surface area contributed by atoms with Crippen molar-refractivity contribution in [2.45, 2.75) is 32.0 Å². The fraction of sp³-hybridized carbons (Fsp3) is 0.412. The SMILES string of the molecule is O=C(CCn1cccn1)N1CCC(n2cc(COc3cnccn3)nn2)C1. The summed E-state index contributed by atoms with van der Waals surface area (Å²) in [5.41, 5.74) is 0.712. The minimum absolute atomic E-state index is 0.136. The number of aromatic nitrogens is 7. The van der Waals surface area contributed by atoms with Crippen LogP contribution in [0, 0.1) is 0 Å². The highest BCUT2D eigenvalue weighted by Gasteiger charge is 2.28. The van der Waals surface area contributed by atoms with E-state index >= 15 is 0 Å². The summed E-state index contributed by atoms with van der Waals surface area (Å²) in [7, 11) is 0. The van der Waals surface area contributed by atoms with Crippen LogP contribution in [0.3, 0.4) is 0 Å². The summed E-state index contributed by atoms with van der Waals surface area (Å²) in [6.45, 7) is 2.25. The second-order valence-electron chi connectivity index (χ2n) is 6.32. The molecule has 0 N–H and O–H groups in total. The summed E-state index contributed by atoms with van der Waals surface area (Å²) in [5, 5.41) is 12.5. The molecule has 0 aromatic carbocycles. The molecule has 1 atom stereocenters. The van der Waals surface area contributed by atoms with Gasteiger partial charge in [-0.3, -0.25) is 14.5 Å². The van der Waals surface area contributed by atoms with Crippen LogP contribution in [0.15, 0.2) is 43.2 Å². The van der Waals surface area contributed by atoms with Crippen molar-refractivity contribution >= 4 is 5.91 Å². The van der Waals surface area contributed by atoms with Gasteiger partial charge in [0.15, 0.2) is 0 Å². The van der Waals surface area contributed by atoms with Gasteiger partial charge in [0.1, 0.15) is 12.3 Å². The van der Waals surface area contributed by atoms with Gasteiger partial charge in [-0.2, -0.15) is 5.10 Å². The molecule has 140 valence electrons. The molecule has 0 spiro atoms. The Kier molecular flexibility index (Phi) is 5.04. The molecule has 0 bridgehead atoms. The average Bonchev–Trinajstić information content (AvgIpc) is 3.46. The Hall–Kier alpha value is -3.30. The molecule has 1 fully saturated rings. The number of likely N-dealkylation sites (tertiary alicyclic amines) is 1. The molecule has 1 amide bonds. The number of ether oxygens (including phenoxy) is 1. The van der Waals surface area contributed by atoms with Gasteiger partial charge in [0.2, 0.25) is 11.8 Å². The Balaban J connectivity index is 1.27. The van der Waals surface area contributed by atoms with E-state index in [1.807, 2.05) is 28.0 Å². The Labute approximate surface area is 155 Å². The van der Waals surface area contributed by atoms with Crippen LogP contribution in [-0.2, 0) is 17.9 Å². The Morgan fingerprint density at radius 1 is 1.30 bits per heavy atom. The molecule has 1 saturated heterocycles. The third-order valence-electron chi connectivity index (χ3n) is 4.47. The third-order valence-corrected chi connectivity index (χ3v) is 4.47. The highest BCUT2D eigenvalue weighted by Crippen LogP contribution is 2.21. The van der Waals surface area contributed by atoms with E-state index in [2.05, 4.69) is 25.4 Å². The smallest absolute Gasteiger partial charge is 0.232 e. The van der Waals surface area contributed by atoms with Crippen LogP contribution in [0.1, 0.15) is 24.6 Å². The summed E-state index contributed by atoms with van der Waals surface area (Å²) in [6, 6.07) is 1.99. The van der Waals surface area contributed by atoms with Crippen LogP contribution < -0.4 is 4.74 Å². The Morgan fingerprint density at radius 2 is 2.26 bits per heavy atom. The lowest BCUT2D eigenvalue weighted by molar-refractivity contribution is -0.130. The summed E-state index contributed by atoms with van der Waals surface area (Å²) < 4.78 is 9.12. The molecule has 0 aliphatic carbocycles. The summed E-state index contributed by atoms with van der Waals surface area (Å²) in [5.74, 6) is 0.584. The fourth-order valence-electron chi connectivity index (χ4n) is 3.05. The number of carbonyl (C=O) groups excluding carboxylic acids is 1. The van der Waals surface area contributed by atoms with E-state index in [1.165, 1.54) is 0 Å². The second-order valence-corrected chi connectivity index (χ2v) is 6.32. The van der Waals surface area contributed by atoms with Crippen LogP contribution in [0.4, 0.5) is 0 Å². The largest absolute Gasteiger partial charge is 0.470 e. The monoisotopic (exact) mass is 368 g/mol. The van der Waals surface area contributed by atoms with Gasteiger partial charge >= 0.3 is 0 Å². The number of aryl methyl sites for hydroxylation is 1. The zero-order valence-electron chi connectivity index (χ0n) is 14.8. The second kappa shape index (κ2) is 7.94. The third kappa shape index (κ3) is 4.27. The summed E-state index contributed by atoms with van der Waals surface area (Å²) in [6.07, 6.45) is 11.5. The minimum atomic E-state index is 0.136. The van der Waals surface area contributed by atoms with E-state index in [1.54, 1.807) is 29.5 Å². The lowest BCUT2D eigenvalue weighted by Gasteiger charge is -2.16. The van der Waals surface area contributed by atoms with E-state index in [9.17, 15) is 4.79 Å². The molecule has 3 aromatic heterocycles. The van der Waals surface area contributed by atoms with Crippen molar-refractivity contribution in [3.05, 3.63) is 48.9 Å². The summed E-state index contributed by atoms with van der Waals surface area (Å²) >= 11 is 0. The van der Waals surface area contributed by atoms with Gasteiger partial charge in [0, 0.05) is 50.8 Å². The van der Waals surface area contributed by atoms with Crippen LogP contribution >= 0.6 is 0 Å². The maximum Gasteiger partial charge on any atom is 0.232 e.